The predicted octanol–water partition coefficient (Wildman–Crippen LogP) is 4.79. The Balaban J connectivity index is 2.89. The first kappa shape index (κ1) is 29.4. The van der Waals surface area contributed by atoms with E-state index < -0.39 is 41.9 Å². The Morgan fingerprint density at radius 2 is 1.71 bits per heavy atom. The summed E-state index contributed by atoms with van der Waals surface area (Å²) in [6.07, 6.45) is 0.492. The molecule has 1 N–H and O–H groups in total. The third-order valence-corrected chi connectivity index (χ3v) is 5.29. The number of hydrogen-bond acceptors (Lipinski definition) is 7. The Labute approximate surface area is 203 Å². The van der Waals surface area contributed by atoms with Crippen LogP contribution in [0.25, 0.3) is 0 Å². The van der Waals surface area contributed by atoms with Crippen LogP contribution in [0.2, 0.25) is 0 Å². The molecule has 0 saturated heterocycles. The molecule has 8 nitrogen and oxygen atoms in total. The molecule has 1 aromatic carbocycles. The van der Waals surface area contributed by atoms with Crippen molar-refractivity contribution in [2.75, 3.05) is 7.11 Å². The van der Waals surface area contributed by atoms with Crippen molar-refractivity contribution in [3.05, 3.63) is 35.9 Å². The molecule has 34 heavy (non-hydrogen) atoms. The lowest BCUT2D eigenvalue weighted by Crippen LogP contribution is -2.51. The predicted molar refractivity (Wildman–Crippen MR) is 129 cm³/mol. The van der Waals surface area contributed by atoms with Crippen molar-refractivity contribution >= 4 is 18.0 Å². The average molecular weight is 480 g/mol. The van der Waals surface area contributed by atoms with Crippen LogP contribution in [0.3, 0.4) is 0 Å². The zero-order valence-corrected chi connectivity index (χ0v) is 21.6. The van der Waals surface area contributed by atoms with Gasteiger partial charge in [0, 0.05) is 7.11 Å². The second-order valence-electron chi connectivity index (χ2n) is 9.51. The highest BCUT2D eigenvalue weighted by Crippen LogP contribution is 2.21. The number of carbonyl (C=O) groups excluding carboxylic acids is 3. The summed E-state index contributed by atoms with van der Waals surface area (Å²) >= 11 is 0. The van der Waals surface area contributed by atoms with E-state index in [1.165, 1.54) is 7.11 Å². The standard InChI is InChI=1S/C26H41NO7/c1-8-9-13-18(2)21(16-22(28)32-17-20-14-11-10-12-15-20)33-24(29)23(19(3)31-7)27-25(30)34-26(4,5)6/h10-12,14-15,18-19,21,23H,8-9,13,16-17H2,1-7H3,(H,27,30)/t18-,19-,21-,23-/m0/s1. The number of unbranched alkanes of at least 4 members (excludes halogenated alkanes) is 1. The van der Waals surface area contributed by atoms with E-state index in [0.29, 0.717) is 0 Å². The first-order valence-corrected chi connectivity index (χ1v) is 11.9. The van der Waals surface area contributed by atoms with Gasteiger partial charge in [-0.25, -0.2) is 9.59 Å². The zero-order chi connectivity index (χ0) is 25.7. The molecule has 1 rings (SSSR count). The van der Waals surface area contributed by atoms with Gasteiger partial charge < -0.3 is 24.3 Å². The Hall–Kier alpha value is -2.61. The fourth-order valence-corrected chi connectivity index (χ4v) is 3.19. The molecule has 4 atom stereocenters. The van der Waals surface area contributed by atoms with E-state index >= 15 is 0 Å². The van der Waals surface area contributed by atoms with Gasteiger partial charge in [-0.3, -0.25) is 4.79 Å². The van der Waals surface area contributed by atoms with E-state index in [4.69, 9.17) is 18.9 Å². The molecule has 0 saturated carbocycles. The molecular formula is C26H41NO7. The first-order valence-electron chi connectivity index (χ1n) is 11.9. The molecule has 0 aliphatic rings. The zero-order valence-electron chi connectivity index (χ0n) is 21.6. The van der Waals surface area contributed by atoms with Crippen molar-refractivity contribution in [3.63, 3.8) is 0 Å². The summed E-state index contributed by atoms with van der Waals surface area (Å²) in [6.45, 7) is 11.0. The van der Waals surface area contributed by atoms with E-state index in [9.17, 15) is 14.4 Å². The Bertz CT molecular complexity index is 760. The summed E-state index contributed by atoms with van der Waals surface area (Å²) in [5.41, 5.74) is 0.146. The molecule has 0 spiro atoms. The van der Waals surface area contributed by atoms with Gasteiger partial charge in [-0.15, -0.1) is 0 Å². The molecule has 0 aromatic heterocycles. The highest BCUT2D eigenvalue weighted by Gasteiger charge is 2.34. The van der Waals surface area contributed by atoms with Crippen molar-refractivity contribution in [2.24, 2.45) is 5.92 Å². The molecule has 0 aliphatic heterocycles. The van der Waals surface area contributed by atoms with Gasteiger partial charge in [0.05, 0.1) is 12.5 Å². The first-order chi connectivity index (χ1) is 16.0. The number of ether oxygens (including phenoxy) is 4. The molecule has 0 unspecified atom stereocenters. The van der Waals surface area contributed by atoms with Crippen molar-refractivity contribution in [1.29, 1.82) is 0 Å². The monoisotopic (exact) mass is 479 g/mol. The summed E-state index contributed by atoms with van der Waals surface area (Å²) in [5, 5.41) is 2.53. The van der Waals surface area contributed by atoms with Crippen LogP contribution in [0.15, 0.2) is 30.3 Å². The molecule has 1 amide bonds. The van der Waals surface area contributed by atoms with Crippen molar-refractivity contribution in [3.8, 4) is 0 Å². The van der Waals surface area contributed by atoms with Crippen LogP contribution in [0.4, 0.5) is 4.79 Å². The molecule has 0 bridgehead atoms. The molecular weight excluding hydrogens is 438 g/mol. The Morgan fingerprint density at radius 1 is 1.06 bits per heavy atom. The van der Waals surface area contributed by atoms with Crippen LogP contribution in [-0.2, 0) is 35.1 Å². The third-order valence-electron chi connectivity index (χ3n) is 5.29. The maximum atomic E-state index is 13.1. The molecule has 0 heterocycles. The van der Waals surface area contributed by atoms with E-state index in [2.05, 4.69) is 12.2 Å². The van der Waals surface area contributed by atoms with Gasteiger partial charge in [-0.2, -0.15) is 0 Å². The van der Waals surface area contributed by atoms with Crippen LogP contribution in [-0.4, -0.2) is 49.0 Å². The van der Waals surface area contributed by atoms with Crippen molar-refractivity contribution < 1.29 is 33.3 Å². The Kier molecular flexibility index (Phi) is 12.6. The quantitative estimate of drug-likeness (QED) is 0.321. The number of methoxy groups -OCH3 is 1. The number of alkyl carbamates (subject to hydrolysis) is 1. The number of carbonyl (C=O) groups is 3. The van der Waals surface area contributed by atoms with Gasteiger partial charge in [0.15, 0.2) is 6.04 Å². The lowest BCUT2D eigenvalue weighted by molar-refractivity contribution is -0.162. The lowest BCUT2D eigenvalue weighted by atomic mass is 9.95. The highest BCUT2D eigenvalue weighted by atomic mass is 16.6. The smallest absolute Gasteiger partial charge is 0.408 e. The van der Waals surface area contributed by atoms with Crippen molar-refractivity contribution in [1.82, 2.24) is 5.32 Å². The van der Waals surface area contributed by atoms with Crippen LogP contribution in [0.5, 0.6) is 0 Å². The van der Waals surface area contributed by atoms with E-state index in [0.717, 1.165) is 24.8 Å². The van der Waals surface area contributed by atoms with E-state index in [1.54, 1.807) is 27.7 Å². The maximum absolute atomic E-state index is 13.1. The number of benzene rings is 1. The highest BCUT2D eigenvalue weighted by molar-refractivity contribution is 5.82. The lowest BCUT2D eigenvalue weighted by Gasteiger charge is -2.29. The molecule has 1 aromatic rings. The van der Waals surface area contributed by atoms with Crippen LogP contribution in [0, 0.1) is 5.92 Å². The summed E-state index contributed by atoms with van der Waals surface area (Å²) in [4.78, 5) is 37.9. The maximum Gasteiger partial charge on any atom is 0.408 e. The van der Waals surface area contributed by atoms with Gasteiger partial charge in [-0.05, 0) is 45.6 Å². The van der Waals surface area contributed by atoms with E-state index in [-0.39, 0.29) is 18.9 Å². The largest absolute Gasteiger partial charge is 0.461 e. The number of hydrogen-bond donors (Lipinski definition) is 1. The normalized spacial score (nSPS) is 14.9. The minimum atomic E-state index is -1.10. The molecule has 8 heteroatoms. The SMILES string of the molecule is CCCC[C@H](C)[C@H](CC(=O)OCc1ccccc1)OC(=O)[C@@H](NC(=O)OC(C)(C)C)[C@H](C)OC. The second kappa shape index (κ2) is 14.6. The number of rotatable bonds is 13. The topological polar surface area (TPSA) is 100 Å². The van der Waals surface area contributed by atoms with Gasteiger partial charge in [-0.1, -0.05) is 57.0 Å². The summed E-state index contributed by atoms with van der Waals surface area (Å²) in [6, 6.07) is 8.27. The summed E-state index contributed by atoms with van der Waals surface area (Å²) < 4.78 is 21.7. The van der Waals surface area contributed by atoms with Gasteiger partial charge in [0.1, 0.15) is 18.3 Å². The number of nitrogens with one attached hydrogen (secondary N) is 1. The summed E-state index contributed by atoms with van der Waals surface area (Å²) in [5.74, 6) is -1.22. The molecule has 192 valence electrons. The Morgan fingerprint density at radius 3 is 2.26 bits per heavy atom. The van der Waals surface area contributed by atoms with Crippen molar-refractivity contribution in [2.45, 2.75) is 97.7 Å². The van der Waals surface area contributed by atoms with Crippen LogP contribution < -0.4 is 5.32 Å². The van der Waals surface area contributed by atoms with Gasteiger partial charge >= 0.3 is 18.0 Å². The van der Waals surface area contributed by atoms with Gasteiger partial charge in [0.2, 0.25) is 0 Å². The van der Waals surface area contributed by atoms with Crippen LogP contribution >= 0.6 is 0 Å². The molecule has 0 aliphatic carbocycles. The summed E-state index contributed by atoms with van der Waals surface area (Å²) in [7, 11) is 1.43. The second-order valence-corrected chi connectivity index (χ2v) is 9.51. The van der Waals surface area contributed by atoms with Crippen LogP contribution in [0.1, 0.15) is 72.8 Å². The van der Waals surface area contributed by atoms with E-state index in [1.807, 2.05) is 37.3 Å². The number of amides is 1. The average Bonchev–Trinajstić information content (AvgIpc) is 2.78. The van der Waals surface area contributed by atoms with Gasteiger partial charge in [0.25, 0.3) is 0 Å². The number of esters is 2. The fraction of sp³-hybridized carbons (Fsp3) is 0.654. The molecule has 0 fully saturated rings. The molecule has 0 radical (unpaired) electrons. The fourth-order valence-electron chi connectivity index (χ4n) is 3.19. The third kappa shape index (κ3) is 11.5. The minimum Gasteiger partial charge on any atom is -0.461 e. The minimum absolute atomic E-state index is 0.0757.